The van der Waals surface area contributed by atoms with Crippen molar-refractivity contribution >= 4 is 5.78 Å². The Labute approximate surface area is 137 Å². The van der Waals surface area contributed by atoms with Gasteiger partial charge in [-0.2, -0.15) is 0 Å². The molecule has 22 heavy (non-hydrogen) atoms. The van der Waals surface area contributed by atoms with E-state index in [1.165, 1.54) is 6.92 Å². The largest absolute Gasteiger partial charge is 0.458 e. The minimum atomic E-state index is -0.0616. The molecule has 0 radical (unpaired) electrons. The standard InChI is InChI=1S/C16H20O2.2C2H6/c1-6-8-9-10-14(4)18-16(7-2)12-11-13(3)15(5)17;2*1-2/h6-12H,3-4H2,1-2,5H3;2*1-2H3/b8-6-,10-9-,12-11-,16-7+;;. The van der Waals surface area contributed by atoms with Crippen molar-refractivity contribution in [3.63, 3.8) is 0 Å². The first-order chi connectivity index (χ1) is 10.5. The van der Waals surface area contributed by atoms with E-state index in [4.69, 9.17) is 4.74 Å². The molecule has 0 aliphatic rings. The van der Waals surface area contributed by atoms with Crippen LogP contribution in [0.25, 0.3) is 0 Å². The molecule has 0 rings (SSSR count). The molecule has 0 N–H and O–H groups in total. The summed E-state index contributed by atoms with van der Waals surface area (Å²) in [5, 5.41) is 0. The summed E-state index contributed by atoms with van der Waals surface area (Å²) in [6.45, 7) is 20.7. The lowest BCUT2D eigenvalue weighted by atomic mass is 10.2. The fourth-order valence-corrected chi connectivity index (χ4v) is 0.949. The Morgan fingerprint density at radius 2 is 1.45 bits per heavy atom. The molecular formula is C20H32O2. The average molecular weight is 304 g/mol. The Balaban J connectivity index is -0.000000826. The molecule has 0 aliphatic carbocycles. The molecule has 2 heteroatoms. The van der Waals surface area contributed by atoms with E-state index < -0.39 is 0 Å². The number of Topliss-reactive ketones (excluding diaryl/α,β-unsaturated/α-hetero) is 1. The zero-order valence-electron chi connectivity index (χ0n) is 15.3. The van der Waals surface area contributed by atoms with Crippen LogP contribution in [0, 0.1) is 0 Å². The third kappa shape index (κ3) is 16.0. The van der Waals surface area contributed by atoms with Crippen molar-refractivity contribution in [1.82, 2.24) is 0 Å². The van der Waals surface area contributed by atoms with Gasteiger partial charge in [0.15, 0.2) is 5.78 Å². The van der Waals surface area contributed by atoms with E-state index in [9.17, 15) is 4.79 Å². The van der Waals surface area contributed by atoms with Crippen LogP contribution in [0.4, 0.5) is 0 Å². The molecule has 0 bridgehead atoms. The van der Waals surface area contributed by atoms with Crippen molar-refractivity contribution in [2.75, 3.05) is 0 Å². The molecule has 0 saturated heterocycles. The van der Waals surface area contributed by atoms with Crippen LogP contribution in [0.1, 0.15) is 48.5 Å². The van der Waals surface area contributed by atoms with Crippen LogP contribution < -0.4 is 0 Å². The maximum Gasteiger partial charge on any atom is 0.159 e. The van der Waals surface area contributed by atoms with Crippen LogP contribution in [0.15, 0.2) is 72.8 Å². The van der Waals surface area contributed by atoms with Crippen molar-refractivity contribution in [3.05, 3.63) is 72.8 Å². The summed E-state index contributed by atoms with van der Waals surface area (Å²) >= 11 is 0. The highest BCUT2D eigenvalue weighted by molar-refractivity contribution is 5.95. The lowest BCUT2D eigenvalue weighted by Crippen LogP contribution is -1.92. The van der Waals surface area contributed by atoms with Crippen molar-refractivity contribution in [3.8, 4) is 0 Å². The quantitative estimate of drug-likeness (QED) is 0.313. The number of carbonyl (C=O) groups excluding carboxylic acids is 1. The van der Waals surface area contributed by atoms with Gasteiger partial charge in [-0.15, -0.1) is 0 Å². The Kier molecular flexibility index (Phi) is 21.4. The lowest BCUT2D eigenvalue weighted by molar-refractivity contribution is -0.113. The number of rotatable bonds is 7. The van der Waals surface area contributed by atoms with E-state index in [1.54, 1.807) is 24.3 Å². The third-order valence-corrected chi connectivity index (χ3v) is 2.02. The second-order valence-corrected chi connectivity index (χ2v) is 3.56. The molecule has 0 atom stereocenters. The molecule has 2 nitrogen and oxygen atoms in total. The maximum absolute atomic E-state index is 11.0. The Hall–Kier alpha value is -2.09. The number of hydrogen-bond acceptors (Lipinski definition) is 2. The number of carbonyl (C=O) groups is 1. The second kappa shape index (κ2) is 18.9. The van der Waals surface area contributed by atoms with Crippen molar-refractivity contribution < 1.29 is 9.53 Å². The molecule has 0 aromatic carbocycles. The second-order valence-electron chi connectivity index (χ2n) is 3.56. The summed E-state index contributed by atoms with van der Waals surface area (Å²) in [5.41, 5.74) is 0.438. The summed E-state index contributed by atoms with van der Waals surface area (Å²) in [6.07, 6.45) is 12.5. The Morgan fingerprint density at radius 1 is 0.909 bits per heavy atom. The Morgan fingerprint density at radius 3 is 1.86 bits per heavy atom. The topological polar surface area (TPSA) is 26.3 Å². The average Bonchev–Trinajstić information content (AvgIpc) is 2.54. The molecule has 0 aliphatic heterocycles. The third-order valence-electron chi connectivity index (χ3n) is 2.02. The van der Waals surface area contributed by atoms with Crippen molar-refractivity contribution in [1.29, 1.82) is 0 Å². The fourth-order valence-electron chi connectivity index (χ4n) is 0.949. The first kappa shape index (κ1) is 24.9. The van der Waals surface area contributed by atoms with Crippen LogP contribution in [0.5, 0.6) is 0 Å². The highest BCUT2D eigenvalue weighted by atomic mass is 16.5. The molecule has 0 fully saturated rings. The molecular weight excluding hydrogens is 272 g/mol. The highest BCUT2D eigenvalue weighted by Crippen LogP contribution is 2.09. The summed E-state index contributed by atoms with van der Waals surface area (Å²) in [4.78, 5) is 11.0. The first-order valence-corrected chi connectivity index (χ1v) is 7.71. The van der Waals surface area contributed by atoms with Gasteiger partial charge in [-0.3, -0.25) is 4.79 Å². The minimum Gasteiger partial charge on any atom is -0.458 e. The molecule has 124 valence electrons. The van der Waals surface area contributed by atoms with E-state index in [0.717, 1.165) is 0 Å². The molecule has 0 aromatic heterocycles. The van der Waals surface area contributed by atoms with E-state index in [1.807, 2.05) is 59.8 Å². The number of hydrogen-bond donors (Lipinski definition) is 0. The van der Waals surface area contributed by atoms with Gasteiger partial charge in [0, 0.05) is 5.57 Å². The maximum atomic E-state index is 11.0. The molecule has 0 spiro atoms. The lowest BCUT2D eigenvalue weighted by Gasteiger charge is -2.05. The highest BCUT2D eigenvalue weighted by Gasteiger charge is 1.97. The smallest absolute Gasteiger partial charge is 0.159 e. The van der Waals surface area contributed by atoms with E-state index >= 15 is 0 Å². The minimum absolute atomic E-state index is 0.0616. The van der Waals surface area contributed by atoms with Crippen molar-refractivity contribution in [2.45, 2.75) is 48.5 Å². The van der Waals surface area contributed by atoms with Crippen LogP contribution in [-0.4, -0.2) is 5.78 Å². The number of allylic oxidation sites excluding steroid dienone is 8. The predicted octanol–water partition coefficient (Wildman–Crippen LogP) is 6.31. The molecule has 0 unspecified atom stereocenters. The van der Waals surface area contributed by atoms with Gasteiger partial charge in [-0.25, -0.2) is 0 Å². The predicted molar refractivity (Wildman–Crippen MR) is 99.6 cm³/mol. The van der Waals surface area contributed by atoms with Crippen molar-refractivity contribution in [2.24, 2.45) is 0 Å². The van der Waals surface area contributed by atoms with Gasteiger partial charge in [0.1, 0.15) is 11.5 Å². The molecule has 0 saturated carbocycles. The fraction of sp³-hybridized carbons (Fsp3) is 0.350. The van der Waals surface area contributed by atoms with Gasteiger partial charge in [0.05, 0.1) is 0 Å². The molecule has 0 aromatic rings. The summed E-state index contributed by atoms with van der Waals surface area (Å²) in [5.74, 6) is 1.08. The first-order valence-electron chi connectivity index (χ1n) is 7.71. The molecule has 0 amide bonds. The summed E-state index contributed by atoms with van der Waals surface area (Å²) in [7, 11) is 0. The van der Waals surface area contributed by atoms with E-state index in [0.29, 0.717) is 17.1 Å². The van der Waals surface area contributed by atoms with Gasteiger partial charge in [-0.05, 0) is 45.1 Å². The summed E-state index contributed by atoms with van der Waals surface area (Å²) < 4.78 is 5.48. The van der Waals surface area contributed by atoms with Gasteiger partial charge in [-0.1, -0.05) is 59.1 Å². The van der Waals surface area contributed by atoms with E-state index in [2.05, 4.69) is 13.2 Å². The SMILES string of the molecule is C=C(/C=C\C=C/C)OC(/C=C\C(=C)C(C)=O)=C/C.CC.CC. The van der Waals surface area contributed by atoms with Gasteiger partial charge in [0.25, 0.3) is 0 Å². The number of ether oxygens (including phenoxy) is 1. The van der Waals surface area contributed by atoms with Crippen LogP contribution in [0.2, 0.25) is 0 Å². The van der Waals surface area contributed by atoms with Gasteiger partial charge < -0.3 is 4.74 Å². The zero-order chi connectivity index (χ0) is 18.0. The Bertz CT molecular complexity index is 433. The van der Waals surface area contributed by atoms with Crippen LogP contribution in [-0.2, 0) is 9.53 Å². The monoisotopic (exact) mass is 304 g/mol. The zero-order valence-corrected chi connectivity index (χ0v) is 15.3. The number of ketones is 1. The molecule has 0 heterocycles. The van der Waals surface area contributed by atoms with Crippen LogP contribution >= 0.6 is 0 Å². The normalized spacial score (nSPS) is 10.8. The van der Waals surface area contributed by atoms with Gasteiger partial charge >= 0.3 is 0 Å². The van der Waals surface area contributed by atoms with Crippen LogP contribution in [0.3, 0.4) is 0 Å². The van der Waals surface area contributed by atoms with E-state index in [-0.39, 0.29) is 5.78 Å². The summed E-state index contributed by atoms with van der Waals surface area (Å²) in [6, 6.07) is 0. The van der Waals surface area contributed by atoms with Gasteiger partial charge in [0.2, 0.25) is 0 Å².